The second-order valence-corrected chi connectivity index (χ2v) is 10.7. The van der Waals surface area contributed by atoms with E-state index < -0.39 is 0 Å². The zero-order valence-electron chi connectivity index (χ0n) is 20.4. The summed E-state index contributed by atoms with van der Waals surface area (Å²) in [5.41, 5.74) is 4.79. The molecule has 4 rings (SSSR count). The summed E-state index contributed by atoms with van der Waals surface area (Å²) in [6, 6.07) is 16.2. The molecular weight excluding hydrogens is 430 g/mol. The first-order chi connectivity index (χ1) is 15.8. The van der Waals surface area contributed by atoms with Crippen molar-refractivity contribution in [1.29, 1.82) is 0 Å². The quantitative estimate of drug-likeness (QED) is 0.325. The topological polar surface area (TPSA) is 48.9 Å². The van der Waals surface area contributed by atoms with E-state index in [1.165, 1.54) is 24.3 Å². The first kappa shape index (κ1) is 23.7. The summed E-state index contributed by atoms with van der Waals surface area (Å²) in [7, 11) is 0. The minimum absolute atomic E-state index is 0.144. The second kappa shape index (κ2) is 8.39. The fourth-order valence-electron chi connectivity index (χ4n) is 3.96. The van der Waals surface area contributed by atoms with E-state index in [0.717, 1.165) is 16.7 Å². The zero-order valence-corrected chi connectivity index (χ0v) is 20.4. The van der Waals surface area contributed by atoms with Crippen LogP contribution >= 0.6 is 0 Å². The van der Waals surface area contributed by atoms with E-state index in [0.29, 0.717) is 28.3 Å². The minimum Gasteiger partial charge on any atom is -0.507 e. The molecule has 2 N–H and O–H groups in total. The zero-order chi connectivity index (χ0) is 24.8. The number of aromatic nitrogens is 2. The van der Waals surface area contributed by atoms with Gasteiger partial charge in [0.2, 0.25) is 0 Å². The monoisotopic (exact) mass is 460 g/mol. The average Bonchev–Trinajstić information content (AvgIpc) is 3.18. The molecule has 0 aliphatic rings. The van der Waals surface area contributed by atoms with Gasteiger partial charge in [0, 0.05) is 16.7 Å². The summed E-state index contributed by atoms with van der Waals surface area (Å²) >= 11 is 0. The highest BCUT2D eigenvalue weighted by Gasteiger charge is 2.27. The molecule has 3 nitrogen and oxygen atoms in total. The number of benzene rings is 3. The highest BCUT2D eigenvalue weighted by Crippen LogP contribution is 2.43. The van der Waals surface area contributed by atoms with Crippen molar-refractivity contribution in [1.82, 2.24) is 9.97 Å². The number of hydrogen-bond acceptors (Lipinski definition) is 2. The number of hydrogen-bond donors (Lipinski definition) is 2. The van der Waals surface area contributed by atoms with Gasteiger partial charge in [-0.25, -0.2) is 13.8 Å². The molecule has 0 amide bonds. The highest BCUT2D eigenvalue weighted by atomic mass is 19.1. The molecule has 0 saturated carbocycles. The molecule has 0 atom stereocenters. The molecule has 3 aromatic carbocycles. The van der Waals surface area contributed by atoms with Crippen molar-refractivity contribution in [2.75, 3.05) is 0 Å². The van der Waals surface area contributed by atoms with Gasteiger partial charge in [-0.15, -0.1) is 0 Å². The van der Waals surface area contributed by atoms with Crippen LogP contribution in [0.4, 0.5) is 8.78 Å². The number of nitrogens with one attached hydrogen (secondary N) is 1. The van der Waals surface area contributed by atoms with Crippen LogP contribution in [0.25, 0.3) is 33.9 Å². The van der Waals surface area contributed by atoms with Crippen molar-refractivity contribution < 1.29 is 13.9 Å². The Morgan fingerprint density at radius 3 is 1.76 bits per heavy atom. The molecule has 0 bridgehead atoms. The Morgan fingerprint density at radius 2 is 1.26 bits per heavy atom. The number of halogens is 2. The Labute approximate surface area is 199 Å². The Hall–Kier alpha value is -3.47. The number of phenols is 1. The van der Waals surface area contributed by atoms with Crippen LogP contribution in [0.1, 0.15) is 52.7 Å². The van der Waals surface area contributed by atoms with Crippen LogP contribution in [-0.4, -0.2) is 15.1 Å². The van der Waals surface area contributed by atoms with Crippen LogP contribution in [-0.2, 0) is 10.8 Å². The van der Waals surface area contributed by atoms with Crippen LogP contribution in [0.5, 0.6) is 5.75 Å². The van der Waals surface area contributed by atoms with Gasteiger partial charge in [-0.05, 0) is 71.0 Å². The van der Waals surface area contributed by atoms with Crippen LogP contribution in [0.2, 0.25) is 0 Å². The summed E-state index contributed by atoms with van der Waals surface area (Å²) in [5, 5.41) is 11.3. The lowest BCUT2D eigenvalue weighted by atomic mass is 9.79. The van der Waals surface area contributed by atoms with Crippen LogP contribution in [0.15, 0.2) is 60.7 Å². The maximum Gasteiger partial charge on any atom is 0.142 e. The molecule has 0 spiro atoms. The van der Waals surface area contributed by atoms with Gasteiger partial charge in [-0.3, -0.25) is 0 Å². The van der Waals surface area contributed by atoms with E-state index in [1.54, 1.807) is 24.3 Å². The summed E-state index contributed by atoms with van der Waals surface area (Å²) in [5.74, 6) is -0.0105. The van der Waals surface area contributed by atoms with Crippen molar-refractivity contribution in [3.8, 4) is 39.7 Å². The van der Waals surface area contributed by atoms with E-state index in [-0.39, 0.29) is 28.2 Å². The third-order valence-corrected chi connectivity index (χ3v) is 5.99. The normalized spacial score (nSPS) is 12.2. The van der Waals surface area contributed by atoms with Crippen molar-refractivity contribution in [3.05, 3.63) is 83.4 Å². The highest BCUT2D eigenvalue weighted by molar-refractivity contribution is 5.82. The molecule has 0 aliphatic heterocycles. The van der Waals surface area contributed by atoms with Crippen molar-refractivity contribution in [3.63, 3.8) is 0 Å². The van der Waals surface area contributed by atoms with Crippen LogP contribution in [0, 0.1) is 11.6 Å². The number of phenolic OH excluding ortho intramolecular Hbond substituents is 1. The molecule has 1 aromatic heterocycles. The Morgan fingerprint density at radius 1 is 0.735 bits per heavy atom. The van der Waals surface area contributed by atoms with Gasteiger partial charge in [-0.1, -0.05) is 47.6 Å². The summed E-state index contributed by atoms with van der Waals surface area (Å²) in [6.45, 7) is 12.6. The Kier molecular flexibility index (Phi) is 5.84. The van der Waals surface area contributed by atoms with E-state index >= 15 is 0 Å². The van der Waals surface area contributed by atoms with Crippen molar-refractivity contribution >= 4 is 0 Å². The van der Waals surface area contributed by atoms with Gasteiger partial charge >= 0.3 is 0 Å². The van der Waals surface area contributed by atoms with Crippen molar-refractivity contribution in [2.45, 2.75) is 52.4 Å². The molecule has 0 aliphatic carbocycles. The molecular formula is C29H30F2N2O. The fraction of sp³-hybridized carbons (Fsp3) is 0.276. The largest absolute Gasteiger partial charge is 0.507 e. The summed E-state index contributed by atoms with van der Waals surface area (Å²) in [4.78, 5) is 8.21. The van der Waals surface area contributed by atoms with E-state index in [4.69, 9.17) is 4.98 Å². The van der Waals surface area contributed by atoms with E-state index in [9.17, 15) is 13.9 Å². The van der Waals surface area contributed by atoms with Gasteiger partial charge < -0.3 is 10.1 Å². The smallest absolute Gasteiger partial charge is 0.142 e. The number of rotatable bonds is 3. The average molecular weight is 461 g/mol. The van der Waals surface area contributed by atoms with Crippen LogP contribution in [0.3, 0.4) is 0 Å². The minimum atomic E-state index is -0.340. The SMILES string of the molecule is CC(C)(C)c1cc(-c2nc(-c3ccc(F)cc3)c(-c3ccc(F)cc3)[nH]2)c(O)c(C(C)(C)C)c1. The second-order valence-electron chi connectivity index (χ2n) is 10.7. The first-order valence-electron chi connectivity index (χ1n) is 11.3. The molecule has 34 heavy (non-hydrogen) atoms. The molecule has 1 heterocycles. The molecule has 4 aromatic rings. The summed E-state index contributed by atoms with van der Waals surface area (Å²) < 4.78 is 27.2. The number of nitrogens with zero attached hydrogens (tertiary/aromatic N) is 1. The maximum absolute atomic E-state index is 13.6. The number of imidazole rings is 1. The lowest BCUT2D eigenvalue weighted by molar-refractivity contribution is 0.446. The molecule has 0 fully saturated rings. The number of aromatic amines is 1. The van der Waals surface area contributed by atoms with E-state index in [1.807, 2.05) is 6.07 Å². The predicted octanol–water partition coefficient (Wildman–Crippen LogP) is 7.99. The Bertz CT molecular complexity index is 1260. The lowest BCUT2D eigenvalue weighted by Gasteiger charge is -2.27. The molecule has 5 heteroatoms. The molecule has 0 radical (unpaired) electrons. The predicted molar refractivity (Wildman–Crippen MR) is 134 cm³/mol. The third-order valence-electron chi connectivity index (χ3n) is 5.99. The third kappa shape index (κ3) is 4.60. The first-order valence-corrected chi connectivity index (χ1v) is 11.3. The van der Waals surface area contributed by atoms with Gasteiger partial charge in [0.1, 0.15) is 23.2 Å². The summed E-state index contributed by atoms with van der Waals surface area (Å²) in [6.07, 6.45) is 0. The molecule has 0 unspecified atom stereocenters. The Balaban J connectivity index is 1.99. The number of H-pyrrole nitrogens is 1. The van der Waals surface area contributed by atoms with Gasteiger partial charge in [0.25, 0.3) is 0 Å². The van der Waals surface area contributed by atoms with Crippen LogP contribution < -0.4 is 0 Å². The van der Waals surface area contributed by atoms with Gasteiger partial charge in [0.15, 0.2) is 0 Å². The van der Waals surface area contributed by atoms with Crippen molar-refractivity contribution in [2.24, 2.45) is 0 Å². The van der Waals surface area contributed by atoms with Gasteiger partial charge in [0.05, 0.1) is 17.0 Å². The maximum atomic E-state index is 13.6. The standard InChI is InChI=1S/C29H30F2N2O/c1-28(2,3)19-15-22(26(34)23(16-19)29(4,5)6)27-32-24(17-7-11-20(30)12-8-17)25(33-27)18-9-13-21(31)14-10-18/h7-16,34H,1-6H3,(H,32,33). The molecule has 176 valence electrons. The lowest BCUT2D eigenvalue weighted by Crippen LogP contribution is -2.17. The van der Waals surface area contributed by atoms with E-state index in [2.05, 4.69) is 52.6 Å². The fourth-order valence-corrected chi connectivity index (χ4v) is 3.96. The number of aromatic hydroxyl groups is 1. The van der Waals surface area contributed by atoms with Gasteiger partial charge in [-0.2, -0.15) is 0 Å². The molecule has 0 saturated heterocycles.